The van der Waals surface area contributed by atoms with Crippen LogP contribution in [0.5, 0.6) is 0 Å². The Balaban J connectivity index is 2.23. The molecule has 1 N–H and O–H groups in total. The van der Waals surface area contributed by atoms with Crippen molar-refractivity contribution in [2.24, 2.45) is 0 Å². The molecular weight excluding hydrogens is 309 g/mol. The number of hydrogen-bond acceptors (Lipinski definition) is 3. The van der Waals surface area contributed by atoms with Crippen molar-refractivity contribution in [3.8, 4) is 0 Å². The van der Waals surface area contributed by atoms with Crippen molar-refractivity contribution in [2.45, 2.75) is 6.92 Å². The van der Waals surface area contributed by atoms with Crippen LogP contribution in [-0.2, 0) is 0 Å². The highest BCUT2D eigenvalue weighted by atomic mass is 35.5. The number of rotatable bonds is 2. The zero-order valence-corrected chi connectivity index (χ0v) is 12.0. The van der Waals surface area contributed by atoms with Gasteiger partial charge in [0.15, 0.2) is 0 Å². The number of carbonyl (C=O) groups excluding carboxylic acids is 1. The first-order valence-corrected chi connectivity index (χ1v) is 6.36. The van der Waals surface area contributed by atoms with Gasteiger partial charge in [-0.15, -0.1) is 0 Å². The average molecular weight is 317 g/mol. The fourth-order valence-electron chi connectivity index (χ4n) is 1.41. The second-order valence-electron chi connectivity index (χ2n) is 3.76. The maximum atomic E-state index is 12.0. The van der Waals surface area contributed by atoms with Crippen LogP contribution >= 0.6 is 34.8 Å². The molecule has 0 atom stereocenters. The van der Waals surface area contributed by atoms with E-state index in [1.54, 1.807) is 13.0 Å². The van der Waals surface area contributed by atoms with Crippen LogP contribution in [0.15, 0.2) is 24.4 Å². The summed E-state index contributed by atoms with van der Waals surface area (Å²) >= 11 is 17.3. The molecule has 0 aliphatic carbocycles. The first-order valence-electron chi connectivity index (χ1n) is 5.23. The molecule has 0 aliphatic rings. The molecule has 7 heteroatoms. The fraction of sp³-hybridized carbons (Fsp3) is 0.0833. The molecule has 0 saturated carbocycles. The van der Waals surface area contributed by atoms with Gasteiger partial charge in [-0.2, -0.15) is 0 Å². The minimum atomic E-state index is -0.391. The normalized spacial score (nSPS) is 10.3. The SMILES string of the molecule is Cc1cc(NC(=O)c2ccc(Cl)nc2Cl)cnc1Cl. The minimum Gasteiger partial charge on any atom is -0.320 e. The number of carbonyl (C=O) groups is 1. The van der Waals surface area contributed by atoms with Crippen LogP contribution in [0.4, 0.5) is 5.69 Å². The van der Waals surface area contributed by atoms with Crippen molar-refractivity contribution in [1.29, 1.82) is 0 Å². The van der Waals surface area contributed by atoms with Crippen LogP contribution in [0.2, 0.25) is 15.5 Å². The number of halogens is 3. The molecule has 2 aromatic heterocycles. The van der Waals surface area contributed by atoms with Gasteiger partial charge in [0.05, 0.1) is 17.4 Å². The van der Waals surface area contributed by atoms with E-state index in [9.17, 15) is 4.79 Å². The lowest BCUT2D eigenvalue weighted by atomic mass is 10.2. The first kappa shape index (κ1) is 14.1. The number of nitrogens with zero attached hydrogens (tertiary/aromatic N) is 2. The number of amides is 1. The van der Waals surface area contributed by atoms with Gasteiger partial charge in [0.2, 0.25) is 0 Å². The average Bonchev–Trinajstić information content (AvgIpc) is 2.33. The molecule has 2 heterocycles. The van der Waals surface area contributed by atoms with Crippen molar-refractivity contribution in [3.05, 3.63) is 51.0 Å². The molecule has 0 fully saturated rings. The highest BCUT2D eigenvalue weighted by Gasteiger charge is 2.12. The predicted molar refractivity (Wildman–Crippen MR) is 76.2 cm³/mol. The van der Waals surface area contributed by atoms with Gasteiger partial charge in [-0.3, -0.25) is 4.79 Å². The van der Waals surface area contributed by atoms with Crippen molar-refractivity contribution >= 4 is 46.4 Å². The molecule has 0 bridgehead atoms. The Morgan fingerprint density at radius 3 is 2.58 bits per heavy atom. The lowest BCUT2D eigenvalue weighted by molar-refractivity contribution is 0.102. The number of hydrogen-bond donors (Lipinski definition) is 1. The van der Waals surface area contributed by atoms with E-state index in [2.05, 4.69) is 15.3 Å². The summed E-state index contributed by atoms with van der Waals surface area (Å²) in [5.74, 6) is -0.391. The fourth-order valence-corrected chi connectivity index (χ4v) is 1.94. The molecule has 4 nitrogen and oxygen atoms in total. The molecule has 0 spiro atoms. The molecule has 0 aliphatic heterocycles. The molecule has 98 valence electrons. The molecule has 0 radical (unpaired) electrons. The molecule has 0 unspecified atom stereocenters. The van der Waals surface area contributed by atoms with E-state index in [-0.39, 0.29) is 15.9 Å². The summed E-state index contributed by atoms with van der Waals surface area (Å²) in [4.78, 5) is 19.7. The Kier molecular flexibility index (Phi) is 4.24. The standard InChI is InChI=1S/C12H8Cl3N3O/c1-6-4-7(5-16-10(6)14)17-12(19)8-2-3-9(13)18-11(8)15/h2-5H,1H3,(H,17,19). The predicted octanol–water partition coefficient (Wildman–Crippen LogP) is 4.00. The third-order valence-corrected chi connectivity index (χ3v) is 3.23. The van der Waals surface area contributed by atoms with E-state index in [0.717, 1.165) is 5.56 Å². The van der Waals surface area contributed by atoms with Crippen LogP contribution in [0.1, 0.15) is 15.9 Å². The van der Waals surface area contributed by atoms with Crippen LogP contribution < -0.4 is 5.32 Å². The van der Waals surface area contributed by atoms with E-state index in [1.165, 1.54) is 18.3 Å². The molecular formula is C12H8Cl3N3O. The maximum Gasteiger partial charge on any atom is 0.258 e. The summed E-state index contributed by atoms with van der Waals surface area (Å²) < 4.78 is 0. The Hall–Kier alpha value is -1.36. The highest BCUT2D eigenvalue weighted by molar-refractivity contribution is 6.35. The zero-order chi connectivity index (χ0) is 14.0. The highest BCUT2D eigenvalue weighted by Crippen LogP contribution is 2.20. The second kappa shape index (κ2) is 5.74. The Morgan fingerprint density at radius 1 is 1.21 bits per heavy atom. The van der Waals surface area contributed by atoms with E-state index < -0.39 is 5.91 Å². The van der Waals surface area contributed by atoms with Gasteiger partial charge in [0, 0.05) is 0 Å². The maximum absolute atomic E-state index is 12.0. The van der Waals surface area contributed by atoms with Crippen molar-refractivity contribution in [3.63, 3.8) is 0 Å². The van der Waals surface area contributed by atoms with Gasteiger partial charge in [-0.1, -0.05) is 34.8 Å². The third-order valence-electron chi connectivity index (χ3n) is 2.33. The molecule has 0 saturated heterocycles. The topological polar surface area (TPSA) is 54.9 Å². The molecule has 19 heavy (non-hydrogen) atoms. The van der Waals surface area contributed by atoms with Crippen LogP contribution in [0.25, 0.3) is 0 Å². The van der Waals surface area contributed by atoms with E-state index in [1.807, 2.05) is 0 Å². The van der Waals surface area contributed by atoms with Crippen LogP contribution in [0.3, 0.4) is 0 Å². The third kappa shape index (κ3) is 3.35. The van der Waals surface area contributed by atoms with E-state index in [4.69, 9.17) is 34.8 Å². The first-order chi connectivity index (χ1) is 8.97. The summed E-state index contributed by atoms with van der Waals surface area (Å²) in [5, 5.41) is 3.32. The Morgan fingerprint density at radius 2 is 1.95 bits per heavy atom. The molecule has 2 aromatic rings. The number of nitrogens with one attached hydrogen (secondary N) is 1. The molecule has 1 amide bonds. The van der Waals surface area contributed by atoms with E-state index in [0.29, 0.717) is 10.8 Å². The van der Waals surface area contributed by atoms with Crippen molar-refractivity contribution in [2.75, 3.05) is 5.32 Å². The molecule has 0 aromatic carbocycles. The summed E-state index contributed by atoms with van der Waals surface area (Å²) in [6, 6.07) is 4.71. The number of aryl methyl sites for hydroxylation is 1. The van der Waals surface area contributed by atoms with Crippen molar-refractivity contribution < 1.29 is 4.79 Å². The van der Waals surface area contributed by atoms with Gasteiger partial charge >= 0.3 is 0 Å². The smallest absolute Gasteiger partial charge is 0.258 e. The monoisotopic (exact) mass is 315 g/mol. The summed E-state index contributed by atoms with van der Waals surface area (Å²) in [6.45, 7) is 1.79. The van der Waals surface area contributed by atoms with Crippen LogP contribution in [0, 0.1) is 6.92 Å². The summed E-state index contributed by atoms with van der Waals surface area (Å²) in [6.07, 6.45) is 1.46. The number of anilines is 1. The quantitative estimate of drug-likeness (QED) is 0.852. The zero-order valence-electron chi connectivity index (χ0n) is 9.75. The summed E-state index contributed by atoms with van der Waals surface area (Å²) in [7, 11) is 0. The van der Waals surface area contributed by atoms with Gasteiger partial charge in [0.25, 0.3) is 5.91 Å². The summed E-state index contributed by atoms with van der Waals surface area (Å²) in [5.41, 5.74) is 1.52. The van der Waals surface area contributed by atoms with Gasteiger partial charge < -0.3 is 5.32 Å². The van der Waals surface area contributed by atoms with E-state index >= 15 is 0 Å². The van der Waals surface area contributed by atoms with Gasteiger partial charge in [-0.25, -0.2) is 9.97 Å². The largest absolute Gasteiger partial charge is 0.320 e. The Labute approximate surface area is 124 Å². The number of pyridine rings is 2. The number of aromatic nitrogens is 2. The van der Waals surface area contributed by atoms with Gasteiger partial charge in [-0.05, 0) is 30.7 Å². The molecule has 2 rings (SSSR count). The van der Waals surface area contributed by atoms with Crippen molar-refractivity contribution in [1.82, 2.24) is 9.97 Å². The second-order valence-corrected chi connectivity index (χ2v) is 4.86. The lowest BCUT2D eigenvalue weighted by Gasteiger charge is -2.07. The lowest BCUT2D eigenvalue weighted by Crippen LogP contribution is -2.13. The minimum absolute atomic E-state index is 0.0450. The van der Waals surface area contributed by atoms with Gasteiger partial charge in [0.1, 0.15) is 15.5 Å². The van der Waals surface area contributed by atoms with Crippen LogP contribution in [-0.4, -0.2) is 15.9 Å². The Bertz CT molecular complexity index is 646.